The van der Waals surface area contributed by atoms with Gasteiger partial charge in [-0.05, 0) is 6.42 Å². The molecule has 0 amide bonds. The monoisotopic (exact) mass is 270 g/mol. The van der Waals surface area contributed by atoms with Gasteiger partial charge in [0, 0.05) is 16.7 Å². The van der Waals surface area contributed by atoms with Crippen molar-refractivity contribution in [2.75, 3.05) is 13.2 Å². The first-order valence-corrected chi connectivity index (χ1v) is 8.44. The second-order valence-electron chi connectivity index (χ2n) is 6.64. The highest BCUT2D eigenvalue weighted by atomic mass is 28.4. The van der Waals surface area contributed by atoms with Gasteiger partial charge in [0.25, 0.3) is 0 Å². The molecule has 0 radical (unpaired) electrons. The van der Waals surface area contributed by atoms with Crippen molar-refractivity contribution in [3.05, 3.63) is 25.3 Å². The molecule has 0 spiro atoms. The first-order valence-electron chi connectivity index (χ1n) is 6.62. The summed E-state index contributed by atoms with van der Waals surface area (Å²) in [5.74, 6) is 0. The van der Waals surface area contributed by atoms with E-state index in [4.69, 9.17) is 8.85 Å². The van der Waals surface area contributed by atoms with E-state index in [1.807, 2.05) is 6.08 Å². The van der Waals surface area contributed by atoms with E-state index in [2.05, 4.69) is 54.7 Å². The Morgan fingerprint density at radius 2 is 1.39 bits per heavy atom. The molecule has 0 aliphatic rings. The van der Waals surface area contributed by atoms with Crippen LogP contribution in [0.3, 0.4) is 0 Å². The van der Waals surface area contributed by atoms with Crippen molar-refractivity contribution in [1.29, 1.82) is 0 Å². The normalized spacial score (nSPS) is 13.4. The van der Waals surface area contributed by atoms with E-state index >= 15 is 0 Å². The van der Waals surface area contributed by atoms with Gasteiger partial charge in [-0.1, -0.05) is 53.7 Å². The van der Waals surface area contributed by atoms with E-state index in [-0.39, 0.29) is 10.1 Å². The van der Waals surface area contributed by atoms with E-state index in [1.54, 1.807) is 6.08 Å². The van der Waals surface area contributed by atoms with Crippen LogP contribution in [0.2, 0.25) is 10.1 Å². The molecule has 0 fully saturated rings. The predicted octanol–water partition coefficient (Wildman–Crippen LogP) is 4.82. The molecule has 0 aliphatic carbocycles. The first-order chi connectivity index (χ1) is 8.12. The molecule has 2 nitrogen and oxygen atoms in total. The minimum atomic E-state index is -2.38. The van der Waals surface area contributed by atoms with Gasteiger partial charge in [-0.25, -0.2) is 0 Å². The van der Waals surface area contributed by atoms with Crippen LogP contribution in [0.5, 0.6) is 0 Å². The maximum atomic E-state index is 6.30. The molecule has 0 bridgehead atoms. The molecule has 0 heterocycles. The van der Waals surface area contributed by atoms with Crippen LogP contribution < -0.4 is 0 Å². The number of rotatable bonds is 7. The van der Waals surface area contributed by atoms with Crippen LogP contribution in [0, 0.1) is 0 Å². The van der Waals surface area contributed by atoms with Crippen LogP contribution in [0.4, 0.5) is 0 Å². The second-order valence-corrected chi connectivity index (χ2v) is 11.5. The summed E-state index contributed by atoms with van der Waals surface area (Å²) >= 11 is 0. The Morgan fingerprint density at radius 1 is 0.889 bits per heavy atom. The number of hydrogen-bond donors (Lipinski definition) is 0. The van der Waals surface area contributed by atoms with Crippen LogP contribution >= 0.6 is 0 Å². The zero-order valence-electron chi connectivity index (χ0n) is 13.0. The molecular weight excluding hydrogens is 240 g/mol. The fraction of sp³-hybridized carbons (Fsp3) is 0.733. The first kappa shape index (κ1) is 17.6. The van der Waals surface area contributed by atoms with Gasteiger partial charge in [-0.2, -0.15) is 0 Å². The van der Waals surface area contributed by atoms with Gasteiger partial charge < -0.3 is 8.85 Å². The lowest BCUT2D eigenvalue weighted by Gasteiger charge is -2.48. The van der Waals surface area contributed by atoms with Crippen molar-refractivity contribution in [2.24, 2.45) is 0 Å². The molecule has 3 heteroatoms. The lowest BCUT2D eigenvalue weighted by Crippen LogP contribution is -2.57. The van der Waals surface area contributed by atoms with Gasteiger partial charge in [0.05, 0.1) is 6.61 Å². The van der Waals surface area contributed by atoms with Gasteiger partial charge in [0.1, 0.15) is 0 Å². The highest BCUT2D eigenvalue weighted by molar-refractivity contribution is 6.73. The third kappa shape index (κ3) is 4.07. The Hall–Kier alpha value is -0.383. The van der Waals surface area contributed by atoms with Crippen molar-refractivity contribution in [3.63, 3.8) is 0 Å². The summed E-state index contributed by atoms with van der Waals surface area (Å²) in [6.07, 6.45) is 4.55. The third-order valence-electron chi connectivity index (χ3n) is 3.01. The second kappa shape index (κ2) is 6.69. The molecule has 0 unspecified atom stereocenters. The predicted molar refractivity (Wildman–Crippen MR) is 82.1 cm³/mol. The summed E-state index contributed by atoms with van der Waals surface area (Å²) in [4.78, 5) is 0. The summed E-state index contributed by atoms with van der Waals surface area (Å²) < 4.78 is 12.5. The molecule has 0 aromatic carbocycles. The van der Waals surface area contributed by atoms with E-state index in [1.165, 1.54) is 0 Å². The zero-order chi connectivity index (χ0) is 14.4. The van der Waals surface area contributed by atoms with Gasteiger partial charge in [0.15, 0.2) is 0 Å². The molecule has 0 aromatic heterocycles. The van der Waals surface area contributed by atoms with Crippen LogP contribution in [-0.2, 0) is 8.85 Å². The summed E-state index contributed by atoms with van der Waals surface area (Å²) in [7, 11) is -2.38. The lowest BCUT2D eigenvalue weighted by molar-refractivity contribution is 0.140. The van der Waals surface area contributed by atoms with Crippen molar-refractivity contribution in [3.8, 4) is 0 Å². The van der Waals surface area contributed by atoms with E-state index in [0.29, 0.717) is 13.2 Å². The minimum absolute atomic E-state index is 0.00936. The van der Waals surface area contributed by atoms with Crippen LogP contribution in [0.15, 0.2) is 25.3 Å². The highest BCUT2D eigenvalue weighted by Crippen LogP contribution is 2.52. The van der Waals surface area contributed by atoms with Gasteiger partial charge >= 0.3 is 8.56 Å². The Balaban J connectivity index is 5.27. The van der Waals surface area contributed by atoms with Gasteiger partial charge in [-0.3, -0.25) is 0 Å². The Bertz CT molecular complexity index is 257. The fourth-order valence-electron chi connectivity index (χ4n) is 2.49. The van der Waals surface area contributed by atoms with Crippen molar-refractivity contribution < 1.29 is 8.85 Å². The summed E-state index contributed by atoms with van der Waals surface area (Å²) in [5.41, 5.74) is 0. The molecular formula is C15H30O2Si. The lowest BCUT2D eigenvalue weighted by atomic mass is 10.2. The maximum absolute atomic E-state index is 6.30. The van der Waals surface area contributed by atoms with Crippen molar-refractivity contribution in [1.82, 2.24) is 0 Å². The average Bonchev–Trinajstić information content (AvgIpc) is 2.19. The Labute approximate surface area is 114 Å². The SMILES string of the molecule is C=CCCO[Si](OCC=C)(C(C)(C)C)C(C)(C)C. The average molecular weight is 270 g/mol. The van der Waals surface area contributed by atoms with Crippen molar-refractivity contribution in [2.45, 2.75) is 58.0 Å². The third-order valence-corrected chi connectivity index (χ3v) is 8.14. The van der Waals surface area contributed by atoms with Crippen LogP contribution in [0.1, 0.15) is 48.0 Å². The fourth-order valence-corrected chi connectivity index (χ4v) is 7.32. The molecule has 0 rings (SSSR count). The minimum Gasteiger partial charge on any atom is -0.393 e. The molecule has 0 aliphatic heterocycles. The van der Waals surface area contributed by atoms with E-state index in [9.17, 15) is 0 Å². The maximum Gasteiger partial charge on any atom is 0.349 e. The van der Waals surface area contributed by atoms with E-state index < -0.39 is 8.56 Å². The quantitative estimate of drug-likeness (QED) is 0.375. The smallest absolute Gasteiger partial charge is 0.349 e. The summed E-state index contributed by atoms with van der Waals surface area (Å²) in [6, 6.07) is 0. The molecule has 0 N–H and O–H groups in total. The summed E-state index contributed by atoms with van der Waals surface area (Å²) in [5, 5.41) is 0.0187. The zero-order valence-corrected chi connectivity index (χ0v) is 14.0. The Morgan fingerprint density at radius 3 is 1.72 bits per heavy atom. The molecule has 0 saturated heterocycles. The largest absolute Gasteiger partial charge is 0.393 e. The van der Waals surface area contributed by atoms with E-state index in [0.717, 1.165) is 6.42 Å². The van der Waals surface area contributed by atoms with Crippen LogP contribution in [0.25, 0.3) is 0 Å². The van der Waals surface area contributed by atoms with Crippen LogP contribution in [-0.4, -0.2) is 21.8 Å². The number of hydrogen-bond acceptors (Lipinski definition) is 2. The molecule has 18 heavy (non-hydrogen) atoms. The molecule has 0 aromatic rings. The summed E-state index contributed by atoms with van der Waals surface area (Å²) in [6.45, 7) is 22.0. The van der Waals surface area contributed by atoms with Crippen molar-refractivity contribution >= 4 is 8.56 Å². The van der Waals surface area contributed by atoms with Gasteiger partial charge in [-0.15, -0.1) is 13.2 Å². The highest BCUT2D eigenvalue weighted by Gasteiger charge is 2.57. The Kier molecular flexibility index (Phi) is 6.55. The van der Waals surface area contributed by atoms with Gasteiger partial charge in [0.2, 0.25) is 0 Å². The molecule has 0 saturated carbocycles. The standard InChI is InChI=1S/C15H30O2Si/c1-9-11-13-17-18(14(3,4)5,15(6,7)8)16-12-10-2/h9-10H,1-2,11-13H2,3-8H3. The molecule has 106 valence electrons. The molecule has 0 atom stereocenters. The topological polar surface area (TPSA) is 18.5 Å².